The fourth-order valence-electron chi connectivity index (χ4n) is 4.92. The molecule has 4 aromatic heterocycles. The highest BCUT2D eigenvalue weighted by Gasteiger charge is 2.31. The molecule has 2 aromatic carbocycles. The first kappa shape index (κ1) is 29.8. The Bertz CT molecular complexity index is 2010. The van der Waals surface area contributed by atoms with Crippen molar-refractivity contribution in [1.82, 2.24) is 50.3 Å². The van der Waals surface area contributed by atoms with Crippen LogP contribution in [0.4, 0.5) is 0 Å². The van der Waals surface area contributed by atoms with Crippen LogP contribution in [0.3, 0.4) is 0 Å². The van der Waals surface area contributed by atoms with Gasteiger partial charge in [0.2, 0.25) is 23.4 Å². The lowest BCUT2D eigenvalue weighted by Crippen LogP contribution is -2.38. The smallest absolute Gasteiger partial charge is 0.302 e. The largest absolute Gasteiger partial charge is 0.463 e. The van der Waals surface area contributed by atoms with Crippen molar-refractivity contribution < 1.29 is 28.1 Å². The number of nitrogens with zero attached hydrogens (tertiary/aromatic N) is 10. The minimum atomic E-state index is -0.723. The van der Waals surface area contributed by atoms with E-state index in [0.717, 1.165) is 22.4 Å². The van der Waals surface area contributed by atoms with Crippen molar-refractivity contribution in [3.8, 4) is 39.7 Å². The average molecular weight is 637 g/mol. The van der Waals surface area contributed by atoms with Gasteiger partial charge in [-0.25, -0.2) is 9.36 Å². The SMILES string of the molecule is CC(=O)OC[C@H]1O[C@H](OCc2cn(-c3ccc(-c4noc(C)n4)cc3)nn2)C=C[C@@H]1n1cc(-c2ccc(-c3noc(C)n3)cc2)nn1. The van der Waals surface area contributed by atoms with Gasteiger partial charge >= 0.3 is 5.97 Å². The van der Waals surface area contributed by atoms with E-state index in [0.29, 0.717) is 34.8 Å². The van der Waals surface area contributed by atoms with Gasteiger partial charge in [0.1, 0.15) is 30.1 Å². The van der Waals surface area contributed by atoms with E-state index in [1.54, 1.807) is 35.5 Å². The van der Waals surface area contributed by atoms with Crippen molar-refractivity contribution in [2.45, 2.75) is 45.8 Å². The second kappa shape index (κ2) is 12.9. The first-order chi connectivity index (χ1) is 22.9. The molecule has 1 aliphatic rings. The predicted octanol–water partition coefficient (Wildman–Crippen LogP) is 3.84. The molecule has 16 heteroatoms. The zero-order valence-electron chi connectivity index (χ0n) is 25.5. The molecule has 5 heterocycles. The van der Waals surface area contributed by atoms with E-state index in [9.17, 15) is 4.79 Å². The number of esters is 1. The molecule has 0 bridgehead atoms. The summed E-state index contributed by atoms with van der Waals surface area (Å²) in [5.74, 6) is 1.60. The molecule has 16 nitrogen and oxygen atoms in total. The first-order valence-electron chi connectivity index (χ1n) is 14.6. The molecule has 0 unspecified atom stereocenters. The molecule has 3 atom stereocenters. The number of carbonyl (C=O) groups is 1. The Morgan fingerprint density at radius 2 is 1.49 bits per heavy atom. The minimum absolute atomic E-state index is 0.00614. The average Bonchev–Trinajstić information content (AvgIpc) is 3.91. The standard InChI is InChI=1S/C31H28N10O6/c1-18-32-30(36-46-18)22-6-4-21(5-7-22)26-15-41(39-35-26)27-12-13-29(45-28(27)17-43-20(3)42)44-16-24-14-40(38-34-24)25-10-8-23(9-11-25)31-33-19(2)47-37-31/h4-15,27-29H,16-17H2,1-3H3/t27-,28+,29-/m0/s1. The molecule has 0 amide bonds. The van der Waals surface area contributed by atoms with Gasteiger partial charge in [-0.3, -0.25) is 4.79 Å². The molecule has 1 aliphatic heterocycles. The molecule has 0 fully saturated rings. The molecule has 47 heavy (non-hydrogen) atoms. The highest BCUT2D eigenvalue weighted by Crippen LogP contribution is 2.28. The van der Waals surface area contributed by atoms with E-state index >= 15 is 0 Å². The molecule has 0 aliphatic carbocycles. The predicted molar refractivity (Wildman–Crippen MR) is 161 cm³/mol. The molecule has 0 radical (unpaired) electrons. The number of hydrogen-bond donors (Lipinski definition) is 0. The number of hydrogen-bond acceptors (Lipinski definition) is 14. The Labute approximate surface area is 266 Å². The second-order valence-corrected chi connectivity index (χ2v) is 10.7. The molecule has 6 aromatic rings. The summed E-state index contributed by atoms with van der Waals surface area (Å²) in [5, 5.41) is 25.0. The van der Waals surface area contributed by atoms with Crippen molar-refractivity contribution in [2.24, 2.45) is 0 Å². The summed E-state index contributed by atoms with van der Waals surface area (Å²) in [6.45, 7) is 4.95. The zero-order chi connectivity index (χ0) is 32.3. The van der Waals surface area contributed by atoms with Crippen molar-refractivity contribution in [3.05, 3.63) is 90.6 Å². The highest BCUT2D eigenvalue weighted by atomic mass is 16.7. The van der Waals surface area contributed by atoms with Gasteiger partial charge in [0, 0.05) is 37.5 Å². The summed E-state index contributed by atoms with van der Waals surface area (Å²) in [6, 6.07) is 14.7. The topological polar surface area (TPSA) is 184 Å². The lowest BCUT2D eigenvalue weighted by molar-refractivity contribution is -0.182. The Morgan fingerprint density at radius 1 is 0.830 bits per heavy atom. The summed E-state index contributed by atoms with van der Waals surface area (Å²) >= 11 is 0. The summed E-state index contributed by atoms with van der Waals surface area (Å²) in [7, 11) is 0. The van der Waals surface area contributed by atoms with Crippen molar-refractivity contribution in [3.63, 3.8) is 0 Å². The third-order valence-electron chi connectivity index (χ3n) is 7.24. The van der Waals surface area contributed by atoms with Gasteiger partial charge < -0.3 is 23.3 Å². The maximum atomic E-state index is 11.6. The van der Waals surface area contributed by atoms with E-state index in [-0.39, 0.29) is 13.2 Å². The molecule has 0 saturated carbocycles. The van der Waals surface area contributed by atoms with Crippen LogP contribution in [0.1, 0.15) is 30.4 Å². The fourth-order valence-corrected chi connectivity index (χ4v) is 4.92. The van der Waals surface area contributed by atoms with Crippen LogP contribution in [0.15, 0.2) is 82.1 Å². The van der Waals surface area contributed by atoms with Gasteiger partial charge in [-0.05, 0) is 30.3 Å². The van der Waals surface area contributed by atoms with E-state index in [4.69, 9.17) is 23.3 Å². The summed E-state index contributed by atoms with van der Waals surface area (Å²) in [4.78, 5) is 20.2. The highest BCUT2D eigenvalue weighted by molar-refractivity contribution is 5.66. The normalized spacial score (nSPS) is 17.6. The van der Waals surface area contributed by atoms with Crippen LogP contribution in [0, 0.1) is 13.8 Å². The van der Waals surface area contributed by atoms with Crippen LogP contribution in [0.5, 0.6) is 0 Å². The first-order valence-corrected chi connectivity index (χ1v) is 14.6. The van der Waals surface area contributed by atoms with Gasteiger partial charge in [-0.15, -0.1) is 10.2 Å². The quantitative estimate of drug-likeness (QED) is 0.156. The molecular weight excluding hydrogens is 608 g/mol. The fraction of sp³-hybridized carbons (Fsp3) is 0.258. The number of ether oxygens (including phenoxy) is 3. The van der Waals surface area contributed by atoms with E-state index in [2.05, 4.69) is 40.9 Å². The third-order valence-corrected chi connectivity index (χ3v) is 7.24. The van der Waals surface area contributed by atoms with Crippen molar-refractivity contribution in [1.29, 1.82) is 0 Å². The Morgan fingerprint density at radius 3 is 2.13 bits per heavy atom. The summed E-state index contributed by atoms with van der Waals surface area (Å²) in [5.41, 5.74) is 4.55. The maximum Gasteiger partial charge on any atom is 0.302 e. The van der Waals surface area contributed by atoms with Gasteiger partial charge in [-0.2, -0.15) is 9.97 Å². The molecule has 7 rings (SSSR count). The maximum absolute atomic E-state index is 11.6. The number of aryl methyl sites for hydroxylation is 2. The van der Waals surface area contributed by atoms with Crippen LogP contribution in [-0.2, 0) is 25.6 Å². The zero-order valence-corrected chi connectivity index (χ0v) is 25.5. The van der Waals surface area contributed by atoms with Crippen molar-refractivity contribution >= 4 is 5.97 Å². The summed E-state index contributed by atoms with van der Waals surface area (Å²) in [6.07, 6.45) is 5.93. The lowest BCUT2D eigenvalue weighted by atomic mass is 10.1. The van der Waals surface area contributed by atoms with Crippen LogP contribution >= 0.6 is 0 Å². The molecule has 0 N–H and O–H groups in total. The number of rotatable bonds is 10. The number of carbonyl (C=O) groups excluding carboxylic acids is 1. The molecule has 238 valence electrons. The van der Waals surface area contributed by atoms with Crippen LogP contribution in [0.25, 0.3) is 39.7 Å². The Hall–Kier alpha value is -5.87. The number of benzene rings is 2. The van der Waals surface area contributed by atoms with Crippen molar-refractivity contribution in [2.75, 3.05) is 6.61 Å². The van der Waals surface area contributed by atoms with Gasteiger partial charge in [0.15, 0.2) is 6.29 Å². The van der Waals surface area contributed by atoms with Gasteiger partial charge in [0.05, 0.1) is 24.7 Å². The minimum Gasteiger partial charge on any atom is -0.463 e. The Kier molecular flexibility index (Phi) is 8.16. The van der Waals surface area contributed by atoms with Crippen LogP contribution in [-0.4, -0.2) is 75.2 Å². The Balaban J connectivity index is 1.00. The van der Waals surface area contributed by atoms with Gasteiger partial charge in [0.25, 0.3) is 0 Å². The molecular formula is C31H28N10O6. The third kappa shape index (κ3) is 6.73. The van der Waals surface area contributed by atoms with Crippen LogP contribution < -0.4 is 0 Å². The molecule has 0 spiro atoms. The van der Waals surface area contributed by atoms with E-state index < -0.39 is 24.4 Å². The second-order valence-electron chi connectivity index (χ2n) is 10.7. The lowest BCUT2D eigenvalue weighted by Gasteiger charge is -2.31. The van der Waals surface area contributed by atoms with E-state index in [1.807, 2.05) is 60.8 Å². The monoisotopic (exact) mass is 636 g/mol. The van der Waals surface area contributed by atoms with Gasteiger partial charge in [-0.1, -0.05) is 51.1 Å². The van der Waals surface area contributed by atoms with Crippen LogP contribution in [0.2, 0.25) is 0 Å². The number of aromatic nitrogens is 10. The summed E-state index contributed by atoms with van der Waals surface area (Å²) < 4.78 is 30.9. The molecule has 0 saturated heterocycles. The van der Waals surface area contributed by atoms with E-state index in [1.165, 1.54) is 6.92 Å².